The Hall–Kier alpha value is -2.63. The van der Waals surface area contributed by atoms with Crippen molar-refractivity contribution in [2.24, 2.45) is 0 Å². The number of nitrogens with one attached hydrogen (secondary N) is 1. The van der Waals surface area contributed by atoms with E-state index in [1.165, 1.54) is 0 Å². The Morgan fingerprint density at radius 3 is 2.37 bits per heavy atom. The van der Waals surface area contributed by atoms with Gasteiger partial charge in [-0.3, -0.25) is 14.3 Å². The summed E-state index contributed by atoms with van der Waals surface area (Å²) in [6.45, 7) is 13.3. The van der Waals surface area contributed by atoms with Gasteiger partial charge in [-0.25, -0.2) is 0 Å². The quantitative estimate of drug-likeness (QED) is 0.838. The van der Waals surface area contributed by atoms with Gasteiger partial charge >= 0.3 is 0 Å². The predicted molar refractivity (Wildman–Crippen MR) is 108 cm³/mol. The minimum atomic E-state index is -0.262. The molecule has 1 aromatic carbocycles. The van der Waals surface area contributed by atoms with Gasteiger partial charge in [-0.05, 0) is 59.2 Å². The topological polar surface area (TPSA) is 67.2 Å². The standard InChI is InChI=1S/C21H30N4O2/c1-7-15-14-25(21(4,5)6)23-18(15)19(26)22-17-12-10-11-16(13-17)20(27)24(8-2)9-3/h10-14H,7-9H2,1-6H3,(H,22,26). The molecule has 0 aliphatic heterocycles. The number of anilines is 1. The number of amides is 2. The summed E-state index contributed by atoms with van der Waals surface area (Å²) in [5, 5.41) is 7.37. The van der Waals surface area contributed by atoms with Crippen molar-refractivity contribution in [2.75, 3.05) is 18.4 Å². The van der Waals surface area contributed by atoms with E-state index >= 15 is 0 Å². The van der Waals surface area contributed by atoms with Gasteiger partial charge in [0.2, 0.25) is 0 Å². The second-order valence-electron chi connectivity index (χ2n) is 7.48. The molecule has 1 N–H and O–H groups in total. The van der Waals surface area contributed by atoms with Crippen molar-refractivity contribution < 1.29 is 9.59 Å². The number of hydrogen-bond acceptors (Lipinski definition) is 3. The van der Waals surface area contributed by atoms with Gasteiger partial charge in [-0.15, -0.1) is 0 Å². The molecule has 0 radical (unpaired) electrons. The van der Waals surface area contributed by atoms with Crippen LogP contribution in [-0.4, -0.2) is 39.6 Å². The Kier molecular flexibility index (Phi) is 6.41. The maximum atomic E-state index is 12.8. The number of carbonyl (C=O) groups excluding carboxylic acids is 2. The molecule has 0 spiro atoms. The molecule has 2 rings (SSSR count). The van der Waals surface area contributed by atoms with E-state index in [0.717, 1.165) is 12.0 Å². The Balaban J connectivity index is 2.25. The van der Waals surface area contributed by atoms with Crippen molar-refractivity contribution in [3.63, 3.8) is 0 Å². The first-order valence-electron chi connectivity index (χ1n) is 9.50. The van der Waals surface area contributed by atoms with Crippen molar-refractivity contribution in [3.8, 4) is 0 Å². The molecule has 146 valence electrons. The SMILES string of the molecule is CCc1cn(C(C)(C)C)nc1C(=O)Nc1cccc(C(=O)N(CC)CC)c1. The summed E-state index contributed by atoms with van der Waals surface area (Å²) in [5.41, 5.74) is 2.28. The van der Waals surface area contributed by atoms with Crippen LogP contribution in [0.1, 0.15) is 68.0 Å². The van der Waals surface area contributed by atoms with Gasteiger partial charge in [0.25, 0.3) is 11.8 Å². The van der Waals surface area contributed by atoms with Crippen LogP contribution < -0.4 is 5.32 Å². The number of hydrogen-bond donors (Lipinski definition) is 1. The van der Waals surface area contributed by atoms with E-state index in [0.29, 0.717) is 30.0 Å². The Bertz CT molecular complexity index is 814. The van der Waals surface area contributed by atoms with Crippen molar-refractivity contribution in [2.45, 2.75) is 53.5 Å². The molecule has 0 unspecified atom stereocenters. The summed E-state index contributed by atoms with van der Waals surface area (Å²) in [6, 6.07) is 7.04. The van der Waals surface area contributed by atoms with Crippen LogP contribution in [0.3, 0.4) is 0 Å². The zero-order valence-corrected chi connectivity index (χ0v) is 17.2. The molecule has 0 saturated heterocycles. The van der Waals surface area contributed by atoms with Gasteiger partial charge in [-0.2, -0.15) is 5.10 Å². The average Bonchev–Trinajstić information content (AvgIpc) is 3.08. The predicted octanol–water partition coefficient (Wildman–Crippen LogP) is 3.93. The summed E-state index contributed by atoms with van der Waals surface area (Å²) in [6.07, 6.45) is 2.65. The molecule has 0 aliphatic rings. The average molecular weight is 370 g/mol. The first-order valence-corrected chi connectivity index (χ1v) is 9.50. The van der Waals surface area contributed by atoms with E-state index in [2.05, 4.69) is 10.4 Å². The lowest BCUT2D eigenvalue weighted by molar-refractivity contribution is 0.0772. The second kappa shape index (κ2) is 8.37. The minimum absolute atomic E-state index is 0.0395. The molecule has 0 fully saturated rings. The zero-order chi connectivity index (χ0) is 20.2. The fourth-order valence-corrected chi connectivity index (χ4v) is 2.82. The highest BCUT2D eigenvalue weighted by atomic mass is 16.2. The van der Waals surface area contributed by atoms with Crippen LogP contribution in [0.25, 0.3) is 0 Å². The molecule has 0 atom stereocenters. The molecular formula is C21H30N4O2. The molecule has 2 amide bonds. The van der Waals surface area contributed by atoms with Crippen LogP contribution in [0.4, 0.5) is 5.69 Å². The first-order chi connectivity index (χ1) is 12.7. The Labute approximate surface area is 161 Å². The van der Waals surface area contributed by atoms with Crippen LogP contribution in [0.15, 0.2) is 30.5 Å². The summed E-state index contributed by atoms with van der Waals surface area (Å²) < 4.78 is 1.82. The fraction of sp³-hybridized carbons (Fsp3) is 0.476. The molecular weight excluding hydrogens is 340 g/mol. The van der Waals surface area contributed by atoms with Crippen LogP contribution >= 0.6 is 0 Å². The van der Waals surface area contributed by atoms with E-state index in [-0.39, 0.29) is 17.4 Å². The van der Waals surface area contributed by atoms with Crippen LogP contribution in [0.5, 0.6) is 0 Å². The monoisotopic (exact) mass is 370 g/mol. The molecule has 27 heavy (non-hydrogen) atoms. The molecule has 2 aromatic rings. The number of aryl methyl sites for hydroxylation is 1. The molecule has 1 aromatic heterocycles. The maximum Gasteiger partial charge on any atom is 0.276 e. The number of carbonyl (C=O) groups is 2. The van der Waals surface area contributed by atoms with Gasteiger partial charge < -0.3 is 10.2 Å². The van der Waals surface area contributed by atoms with Crippen molar-refractivity contribution in [3.05, 3.63) is 47.3 Å². The van der Waals surface area contributed by atoms with Crippen molar-refractivity contribution in [1.82, 2.24) is 14.7 Å². The highest BCUT2D eigenvalue weighted by Gasteiger charge is 2.21. The van der Waals surface area contributed by atoms with E-state index in [9.17, 15) is 9.59 Å². The highest BCUT2D eigenvalue weighted by Crippen LogP contribution is 2.19. The van der Waals surface area contributed by atoms with Crippen LogP contribution in [0.2, 0.25) is 0 Å². The van der Waals surface area contributed by atoms with Crippen LogP contribution in [0, 0.1) is 0 Å². The first kappa shape index (κ1) is 20.7. The van der Waals surface area contributed by atoms with E-state index < -0.39 is 0 Å². The molecule has 1 heterocycles. The molecule has 0 aliphatic carbocycles. The van der Waals surface area contributed by atoms with Gasteiger partial charge in [0, 0.05) is 36.1 Å². The van der Waals surface area contributed by atoms with Gasteiger partial charge in [-0.1, -0.05) is 13.0 Å². The number of nitrogens with zero attached hydrogens (tertiary/aromatic N) is 3. The Morgan fingerprint density at radius 2 is 1.81 bits per heavy atom. The van der Waals surface area contributed by atoms with E-state index in [1.807, 2.05) is 52.4 Å². The highest BCUT2D eigenvalue weighted by molar-refractivity contribution is 6.04. The third kappa shape index (κ3) is 4.76. The number of benzene rings is 1. The van der Waals surface area contributed by atoms with E-state index in [1.54, 1.807) is 29.2 Å². The molecule has 6 nitrogen and oxygen atoms in total. The minimum Gasteiger partial charge on any atom is -0.339 e. The summed E-state index contributed by atoms with van der Waals surface area (Å²) in [4.78, 5) is 27.1. The summed E-state index contributed by atoms with van der Waals surface area (Å²) in [5.74, 6) is -0.301. The third-order valence-corrected chi connectivity index (χ3v) is 4.49. The van der Waals surface area contributed by atoms with Crippen molar-refractivity contribution in [1.29, 1.82) is 0 Å². The molecule has 0 bridgehead atoms. The largest absolute Gasteiger partial charge is 0.339 e. The zero-order valence-electron chi connectivity index (χ0n) is 17.2. The lowest BCUT2D eigenvalue weighted by Gasteiger charge is -2.19. The smallest absolute Gasteiger partial charge is 0.276 e. The second-order valence-corrected chi connectivity index (χ2v) is 7.48. The molecule has 0 saturated carbocycles. The van der Waals surface area contributed by atoms with Gasteiger partial charge in [0.05, 0.1) is 5.54 Å². The van der Waals surface area contributed by atoms with Gasteiger partial charge in [0.15, 0.2) is 5.69 Å². The lowest BCUT2D eigenvalue weighted by Crippen LogP contribution is -2.30. The third-order valence-electron chi connectivity index (χ3n) is 4.49. The number of aromatic nitrogens is 2. The van der Waals surface area contributed by atoms with Crippen LogP contribution in [-0.2, 0) is 12.0 Å². The normalized spacial score (nSPS) is 11.3. The van der Waals surface area contributed by atoms with Crippen molar-refractivity contribution >= 4 is 17.5 Å². The lowest BCUT2D eigenvalue weighted by atomic mass is 10.1. The summed E-state index contributed by atoms with van der Waals surface area (Å²) >= 11 is 0. The van der Waals surface area contributed by atoms with E-state index in [4.69, 9.17) is 0 Å². The van der Waals surface area contributed by atoms with Gasteiger partial charge in [0.1, 0.15) is 0 Å². The fourth-order valence-electron chi connectivity index (χ4n) is 2.82. The number of rotatable bonds is 6. The molecule has 6 heteroatoms. The summed E-state index contributed by atoms with van der Waals surface area (Å²) in [7, 11) is 0. The Morgan fingerprint density at radius 1 is 1.15 bits per heavy atom. The maximum absolute atomic E-state index is 12.8.